The van der Waals surface area contributed by atoms with E-state index in [1.54, 1.807) is 0 Å². The molecule has 1 saturated carbocycles. The van der Waals surface area contributed by atoms with Crippen LogP contribution in [-0.4, -0.2) is 10.1 Å². The predicted octanol–water partition coefficient (Wildman–Crippen LogP) is 5.29. The van der Waals surface area contributed by atoms with Gasteiger partial charge in [-0.15, -0.1) is 6.58 Å². The summed E-state index contributed by atoms with van der Waals surface area (Å²) in [6.07, 6.45) is 9.37. The fourth-order valence-electron chi connectivity index (χ4n) is 4.26. The highest BCUT2D eigenvalue weighted by Crippen LogP contribution is 2.42. The smallest absolute Gasteiger partial charge is 0.0825 e. The minimum atomic E-state index is -0.395. The molecule has 2 heteroatoms. The number of nitrogens with zero attached hydrogens (tertiary/aromatic N) is 1. The maximum absolute atomic E-state index is 11.0. The van der Waals surface area contributed by atoms with Crippen LogP contribution in [-0.2, 0) is 0 Å². The topological polar surface area (TPSA) is 33.1 Å². The van der Waals surface area contributed by atoms with Crippen molar-refractivity contribution >= 4 is 10.9 Å². The largest absolute Gasteiger partial charge is 0.388 e. The Morgan fingerprint density at radius 3 is 2.83 bits per heavy atom. The van der Waals surface area contributed by atoms with Crippen LogP contribution in [0.5, 0.6) is 0 Å². The lowest BCUT2D eigenvalue weighted by Crippen LogP contribution is -2.25. The number of aromatic nitrogens is 1. The van der Waals surface area contributed by atoms with Crippen LogP contribution < -0.4 is 0 Å². The molecule has 1 fully saturated rings. The summed E-state index contributed by atoms with van der Waals surface area (Å²) in [6.45, 7) is 6.24. The normalized spacial score (nSPS) is 24.3. The number of hydrogen-bond donors (Lipinski definition) is 1. The molecule has 4 atom stereocenters. The number of para-hydroxylation sites is 1. The molecule has 1 aromatic heterocycles. The van der Waals surface area contributed by atoms with E-state index in [0.29, 0.717) is 17.8 Å². The zero-order valence-electron chi connectivity index (χ0n) is 14.0. The van der Waals surface area contributed by atoms with Crippen LogP contribution in [0, 0.1) is 17.8 Å². The molecule has 0 radical (unpaired) electrons. The summed E-state index contributed by atoms with van der Waals surface area (Å²) < 4.78 is 0. The highest BCUT2D eigenvalue weighted by molar-refractivity contribution is 5.82. The molecule has 1 heterocycles. The second kappa shape index (κ2) is 7.27. The highest BCUT2D eigenvalue weighted by Gasteiger charge is 2.31. The number of allylic oxidation sites excluding steroid dienone is 1. The molecular weight excluding hydrogens is 282 g/mol. The van der Waals surface area contributed by atoms with Gasteiger partial charge in [0.25, 0.3) is 0 Å². The summed E-state index contributed by atoms with van der Waals surface area (Å²) in [4.78, 5) is 4.41. The molecule has 0 bridgehead atoms. The highest BCUT2D eigenvalue weighted by atomic mass is 16.3. The van der Waals surface area contributed by atoms with Crippen molar-refractivity contribution in [3.63, 3.8) is 0 Å². The van der Waals surface area contributed by atoms with Crippen LogP contribution in [0.2, 0.25) is 0 Å². The van der Waals surface area contributed by atoms with Crippen LogP contribution in [0.1, 0.15) is 50.7 Å². The van der Waals surface area contributed by atoms with Gasteiger partial charge in [-0.25, -0.2) is 0 Å². The first kappa shape index (κ1) is 16.2. The van der Waals surface area contributed by atoms with Crippen molar-refractivity contribution in [3.8, 4) is 0 Å². The minimum absolute atomic E-state index is 0.341. The van der Waals surface area contributed by atoms with E-state index in [1.807, 2.05) is 30.5 Å². The molecule has 2 nitrogen and oxygen atoms in total. The molecule has 1 aliphatic carbocycles. The van der Waals surface area contributed by atoms with Gasteiger partial charge >= 0.3 is 0 Å². The summed E-state index contributed by atoms with van der Waals surface area (Å²) in [7, 11) is 0. The van der Waals surface area contributed by atoms with Crippen molar-refractivity contribution in [3.05, 3.63) is 54.7 Å². The van der Waals surface area contributed by atoms with Gasteiger partial charge in [-0.3, -0.25) is 4.98 Å². The van der Waals surface area contributed by atoms with Crippen LogP contribution in [0.4, 0.5) is 0 Å². The first-order valence-corrected chi connectivity index (χ1v) is 8.88. The first-order valence-electron chi connectivity index (χ1n) is 8.88. The van der Waals surface area contributed by atoms with E-state index in [0.717, 1.165) is 35.7 Å². The molecule has 1 aromatic carbocycles. The van der Waals surface area contributed by atoms with Crippen molar-refractivity contribution < 1.29 is 5.11 Å². The molecular formula is C21H27NO. The van der Waals surface area contributed by atoms with E-state index in [2.05, 4.69) is 30.6 Å². The van der Waals surface area contributed by atoms with Gasteiger partial charge in [0, 0.05) is 11.6 Å². The van der Waals surface area contributed by atoms with Crippen molar-refractivity contribution in [2.24, 2.45) is 17.8 Å². The lowest BCUT2D eigenvalue weighted by Gasteiger charge is -2.35. The van der Waals surface area contributed by atoms with E-state index in [-0.39, 0.29) is 0 Å². The van der Waals surface area contributed by atoms with E-state index in [9.17, 15) is 5.11 Å². The maximum atomic E-state index is 11.0. The van der Waals surface area contributed by atoms with Gasteiger partial charge in [-0.2, -0.15) is 0 Å². The molecule has 0 aliphatic heterocycles. The fraction of sp³-hybridized carbons (Fsp3) is 0.476. The Labute approximate surface area is 139 Å². The van der Waals surface area contributed by atoms with E-state index in [4.69, 9.17) is 0 Å². The Balaban J connectivity index is 1.84. The third-order valence-electron chi connectivity index (χ3n) is 5.58. The minimum Gasteiger partial charge on any atom is -0.388 e. The van der Waals surface area contributed by atoms with Gasteiger partial charge in [0.05, 0.1) is 11.6 Å². The summed E-state index contributed by atoms with van der Waals surface area (Å²) in [5.41, 5.74) is 2.00. The average molecular weight is 309 g/mol. The van der Waals surface area contributed by atoms with Crippen LogP contribution >= 0.6 is 0 Å². The molecule has 3 rings (SSSR count). The molecule has 0 spiro atoms. The summed E-state index contributed by atoms with van der Waals surface area (Å²) in [5.74, 6) is 1.59. The zero-order valence-corrected chi connectivity index (χ0v) is 14.0. The Bertz CT molecular complexity index is 660. The number of pyridine rings is 1. The Morgan fingerprint density at radius 2 is 2.04 bits per heavy atom. The lowest BCUT2D eigenvalue weighted by atomic mass is 9.71. The Morgan fingerprint density at radius 1 is 1.26 bits per heavy atom. The second-order valence-corrected chi connectivity index (χ2v) is 6.86. The maximum Gasteiger partial charge on any atom is 0.0825 e. The van der Waals surface area contributed by atoms with Crippen LogP contribution in [0.3, 0.4) is 0 Å². The standard InChI is InChI=1S/C21H27NO/c1-3-15(4-2)16-8-7-9-17(14-16)21(23)19-12-13-22-20-11-6-5-10-18(19)20/h3,5-6,10-13,15-17,21,23H,1,4,7-9,14H2,2H3/t15?,16?,17-,21-/m0/s1. The van der Waals surface area contributed by atoms with E-state index >= 15 is 0 Å². The van der Waals surface area contributed by atoms with Crippen LogP contribution in [0.15, 0.2) is 49.2 Å². The number of aliphatic hydroxyl groups is 1. The Kier molecular flexibility index (Phi) is 5.12. The molecule has 23 heavy (non-hydrogen) atoms. The SMILES string of the molecule is C=CC(CC)C1CCC[C@H]([C@H](O)c2ccnc3ccccc23)C1. The van der Waals surface area contributed by atoms with Crippen LogP contribution in [0.25, 0.3) is 10.9 Å². The number of rotatable bonds is 5. The fourth-order valence-corrected chi connectivity index (χ4v) is 4.26. The van der Waals surface area contributed by atoms with Crippen molar-refractivity contribution in [2.45, 2.75) is 45.1 Å². The van der Waals surface area contributed by atoms with E-state index < -0.39 is 6.10 Å². The first-order chi connectivity index (χ1) is 11.2. The molecule has 0 saturated heterocycles. The van der Waals surface area contributed by atoms with Crippen molar-refractivity contribution in [2.75, 3.05) is 0 Å². The third kappa shape index (κ3) is 3.32. The molecule has 0 amide bonds. The monoisotopic (exact) mass is 309 g/mol. The van der Waals surface area contributed by atoms with E-state index in [1.165, 1.54) is 12.8 Å². The molecule has 1 aliphatic rings. The van der Waals surface area contributed by atoms with Crippen molar-refractivity contribution in [1.29, 1.82) is 0 Å². The Hall–Kier alpha value is -1.67. The van der Waals surface area contributed by atoms with Gasteiger partial charge in [0.2, 0.25) is 0 Å². The van der Waals surface area contributed by atoms with Gasteiger partial charge in [-0.1, -0.05) is 37.6 Å². The summed E-state index contributed by atoms with van der Waals surface area (Å²) >= 11 is 0. The summed E-state index contributed by atoms with van der Waals surface area (Å²) in [5, 5.41) is 12.1. The van der Waals surface area contributed by atoms with Gasteiger partial charge in [-0.05, 0) is 61.1 Å². The lowest BCUT2D eigenvalue weighted by molar-refractivity contribution is 0.0612. The average Bonchev–Trinajstić information content (AvgIpc) is 2.62. The molecule has 2 unspecified atom stereocenters. The van der Waals surface area contributed by atoms with Gasteiger partial charge < -0.3 is 5.11 Å². The summed E-state index contributed by atoms with van der Waals surface area (Å²) in [6, 6.07) is 10.1. The number of fused-ring (bicyclic) bond motifs is 1. The number of aliphatic hydroxyl groups excluding tert-OH is 1. The van der Waals surface area contributed by atoms with Gasteiger partial charge in [0.1, 0.15) is 0 Å². The number of benzene rings is 1. The molecule has 1 N–H and O–H groups in total. The third-order valence-corrected chi connectivity index (χ3v) is 5.58. The molecule has 2 aromatic rings. The number of hydrogen-bond acceptors (Lipinski definition) is 2. The quantitative estimate of drug-likeness (QED) is 0.762. The van der Waals surface area contributed by atoms with Gasteiger partial charge in [0.15, 0.2) is 0 Å². The predicted molar refractivity (Wildman–Crippen MR) is 96.1 cm³/mol. The van der Waals surface area contributed by atoms with Crippen molar-refractivity contribution in [1.82, 2.24) is 4.98 Å². The molecule has 122 valence electrons. The zero-order chi connectivity index (χ0) is 16.2. The second-order valence-electron chi connectivity index (χ2n) is 6.86.